The number of amides is 2. The molecule has 0 aliphatic carbocycles. The van der Waals surface area contributed by atoms with Gasteiger partial charge in [-0.25, -0.2) is 4.98 Å². The predicted molar refractivity (Wildman–Crippen MR) is 110 cm³/mol. The number of piperidine rings is 1. The number of aromatic nitrogens is 1. The molecule has 28 heavy (non-hydrogen) atoms. The zero-order valence-electron chi connectivity index (χ0n) is 16.7. The third-order valence-corrected chi connectivity index (χ3v) is 5.14. The van der Waals surface area contributed by atoms with E-state index in [2.05, 4.69) is 34.6 Å². The van der Waals surface area contributed by atoms with Crippen molar-refractivity contribution in [2.75, 3.05) is 19.6 Å². The fourth-order valence-electron chi connectivity index (χ4n) is 3.52. The number of nitrogens with one attached hydrogen (secondary N) is 1. The van der Waals surface area contributed by atoms with Crippen molar-refractivity contribution >= 4 is 11.8 Å². The minimum Gasteiger partial charge on any atom is -0.350 e. The Morgan fingerprint density at radius 1 is 1.04 bits per heavy atom. The van der Waals surface area contributed by atoms with Gasteiger partial charge >= 0.3 is 0 Å². The fraction of sp³-hybridized carbons (Fsp3) is 0.435. The molecule has 0 spiro atoms. The maximum Gasteiger partial charge on any atom is 0.272 e. The molecule has 1 saturated heterocycles. The van der Waals surface area contributed by atoms with E-state index in [9.17, 15) is 9.59 Å². The quantitative estimate of drug-likeness (QED) is 0.835. The zero-order valence-corrected chi connectivity index (χ0v) is 16.7. The van der Waals surface area contributed by atoms with Crippen molar-refractivity contribution in [2.24, 2.45) is 11.8 Å². The summed E-state index contributed by atoms with van der Waals surface area (Å²) < 4.78 is 0. The Hall–Kier alpha value is -2.69. The molecule has 0 atom stereocenters. The average Bonchev–Trinajstić information content (AvgIpc) is 2.73. The molecule has 148 valence electrons. The van der Waals surface area contributed by atoms with Crippen molar-refractivity contribution in [1.29, 1.82) is 0 Å². The Kier molecular flexibility index (Phi) is 6.80. The van der Waals surface area contributed by atoms with Crippen LogP contribution in [0.15, 0.2) is 48.5 Å². The minimum absolute atomic E-state index is 0.0864. The van der Waals surface area contributed by atoms with Gasteiger partial charge in [0, 0.05) is 19.6 Å². The first-order valence-corrected chi connectivity index (χ1v) is 10.1. The molecule has 0 unspecified atom stereocenters. The Labute approximate surface area is 167 Å². The number of pyridine rings is 1. The third kappa shape index (κ3) is 5.41. The molecule has 1 aromatic carbocycles. The molecule has 2 amide bonds. The van der Waals surface area contributed by atoms with Crippen LogP contribution in [0.5, 0.6) is 0 Å². The van der Waals surface area contributed by atoms with Crippen LogP contribution in [0.1, 0.15) is 53.2 Å². The number of carbonyl (C=O) groups excluding carboxylic acids is 2. The van der Waals surface area contributed by atoms with Gasteiger partial charge in [-0.15, -0.1) is 0 Å². The number of rotatable bonds is 6. The monoisotopic (exact) mass is 379 g/mol. The molecule has 5 heteroatoms. The van der Waals surface area contributed by atoms with Crippen molar-refractivity contribution < 1.29 is 9.59 Å². The van der Waals surface area contributed by atoms with Crippen LogP contribution in [0.4, 0.5) is 0 Å². The van der Waals surface area contributed by atoms with Crippen molar-refractivity contribution in [3.05, 3.63) is 65.5 Å². The van der Waals surface area contributed by atoms with Crippen LogP contribution in [0.25, 0.3) is 0 Å². The van der Waals surface area contributed by atoms with Crippen LogP contribution in [-0.4, -0.2) is 41.3 Å². The summed E-state index contributed by atoms with van der Waals surface area (Å²) in [6, 6.07) is 15.6. The van der Waals surface area contributed by atoms with Gasteiger partial charge in [-0.3, -0.25) is 9.59 Å². The van der Waals surface area contributed by atoms with Gasteiger partial charge < -0.3 is 10.2 Å². The van der Waals surface area contributed by atoms with Crippen LogP contribution >= 0.6 is 0 Å². The van der Waals surface area contributed by atoms with E-state index in [-0.39, 0.29) is 11.8 Å². The van der Waals surface area contributed by atoms with Gasteiger partial charge in [-0.05, 0) is 48.8 Å². The van der Waals surface area contributed by atoms with E-state index in [1.807, 2.05) is 24.8 Å². The van der Waals surface area contributed by atoms with Crippen molar-refractivity contribution in [3.8, 4) is 0 Å². The molecule has 0 radical (unpaired) electrons. The SMILES string of the molecule is CC(C)CNC(=O)c1cccc(C(=O)N2CCC(Cc3ccccc3)CC2)n1. The van der Waals surface area contributed by atoms with E-state index in [4.69, 9.17) is 0 Å². The molecular formula is C23H29N3O2. The summed E-state index contributed by atoms with van der Waals surface area (Å²) in [5.41, 5.74) is 2.00. The first-order valence-electron chi connectivity index (χ1n) is 10.1. The lowest BCUT2D eigenvalue weighted by Crippen LogP contribution is -2.39. The highest BCUT2D eigenvalue weighted by Crippen LogP contribution is 2.22. The van der Waals surface area contributed by atoms with Crippen LogP contribution in [0.3, 0.4) is 0 Å². The number of hydrogen-bond acceptors (Lipinski definition) is 3. The van der Waals surface area contributed by atoms with Gasteiger partial charge in [0.05, 0.1) is 0 Å². The number of likely N-dealkylation sites (tertiary alicyclic amines) is 1. The molecule has 5 nitrogen and oxygen atoms in total. The number of carbonyl (C=O) groups is 2. The van der Waals surface area contributed by atoms with E-state index < -0.39 is 0 Å². The van der Waals surface area contributed by atoms with Gasteiger partial charge in [0.1, 0.15) is 11.4 Å². The van der Waals surface area contributed by atoms with E-state index in [0.717, 1.165) is 32.4 Å². The van der Waals surface area contributed by atoms with Crippen molar-refractivity contribution in [1.82, 2.24) is 15.2 Å². The molecule has 3 rings (SSSR count). The maximum atomic E-state index is 12.8. The highest BCUT2D eigenvalue weighted by atomic mass is 16.2. The molecule has 1 fully saturated rings. The second-order valence-corrected chi connectivity index (χ2v) is 7.94. The van der Waals surface area contributed by atoms with Crippen LogP contribution in [-0.2, 0) is 6.42 Å². The largest absolute Gasteiger partial charge is 0.350 e. The molecule has 0 bridgehead atoms. The van der Waals surface area contributed by atoms with Gasteiger partial charge in [0.2, 0.25) is 0 Å². The third-order valence-electron chi connectivity index (χ3n) is 5.14. The molecular weight excluding hydrogens is 350 g/mol. The summed E-state index contributed by atoms with van der Waals surface area (Å²) in [5, 5.41) is 2.85. The van der Waals surface area contributed by atoms with Crippen LogP contribution in [0, 0.1) is 11.8 Å². The van der Waals surface area contributed by atoms with E-state index in [0.29, 0.717) is 29.8 Å². The van der Waals surface area contributed by atoms with Gasteiger partial charge in [0.25, 0.3) is 11.8 Å². The Bertz CT molecular complexity index is 797. The molecule has 2 aromatic rings. The Morgan fingerprint density at radius 3 is 2.39 bits per heavy atom. The number of benzene rings is 1. The first-order chi connectivity index (χ1) is 13.5. The molecule has 1 aliphatic heterocycles. The second kappa shape index (κ2) is 9.49. The van der Waals surface area contributed by atoms with Gasteiger partial charge in [-0.1, -0.05) is 50.2 Å². The summed E-state index contributed by atoms with van der Waals surface area (Å²) in [6.45, 7) is 6.14. The number of nitrogens with zero attached hydrogens (tertiary/aromatic N) is 2. The Balaban J connectivity index is 1.56. The smallest absolute Gasteiger partial charge is 0.272 e. The minimum atomic E-state index is -0.232. The molecule has 1 aromatic heterocycles. The van der Waals surface area contributed by atoms with E-state index in [1.54, 1.807) is 18.2 Å². The summed E-state index contributed by atoms with van der Waals surface area (Å²) in [5.74, 6) is 0.653. The molecule has 0 saturated carbocycles. The highest BCUT2D eigenvalue weighted by molar-refractivity contribution is 5.96. The lowest BCUT2D eigenvalue weighted by atomic mass is 9.90. The maximum absolute atomic E-state index is 12.8. The lowest BCUT2D eigenvalue weighted by molar-refractivity contribution is 0.0684. The van der Waals surface area contributed by atoms with E-state index in [1.165, 1.54) is 5.56 Å². The Morgan fingerprint density at radius 2 is 1.71 bits per heavy atom. The number of hydrogen-bond donors (Lipinski definition) is 1. The zero-order chi connectivity index (χ0) is 19.9. The normalized spacial score (nSPS) is 14.9. The highest BCUT2D eigenvalue weighted by Gasteiger charge is 2.25. The van der Waals surface area contributed by atoms with Crippen molar-refractivity contribution in [3.63, 3.8) is 0 Å². The van der Waals surface area contributed by atoms with Gasteiger partial charge in [-0.2, -0.15) is 0 Å². The second-order valence-electron chi connectivity index (χ2n) is 7.94. The first kappa shape index (κ1) is 20.1. The summed E-state index contributed by atoms with van der Waals surface area (Å²) in [4.78, 5) is 31.2. The predicted octanol–water partition coefficient (Wildman–Crippen LogP) is 3.56. The summed E-state index contributed by atoms with van der Waals surface area (Å²) in [7, 11) is 0. The fourth-order valence-corrected chi connectivity index (χ4v) is 3.52. The summed E-state index contributed by atoms with van der Waals surface area (Å²) in [6.07, 6.45) is 3.05. The van der Waals surface area contributed by atoms with Crippen LogP contribution in [0.2, 0.25) is 0 Å². The standard InChI is InChI=1S/C23H29N3O2/c1-17(2)16-24-22(27)20-9-6-10-21(25-20)23(28)26-13-11-19(12-14-26)15-18-7-4-3-5-8-18/h3-10,17,19H,11-16H2,1-2H3,(H,24,27). The van der Waals surface area contributed by atoms with Crippen LogP contribution < -0.4 is 5.32 Å². The van der Waals surface area contributed by atoms with E-state index >= 15 is 0 Å². The topological polar surface area (TPSA) is 62.3 Å². The molecule has 1 N–H and O–H groups in total. The van der Waals surface area contributed by atoms with Gasteiger partial charge in [0.15, 0.2) is 0 Å². The lowest BCUT2D eigenvalue weighted by Gasteiger charge is -2.32. The average molecular weight is 380 g/mol. The summed E-state index contributed by atoms with van der Waals surface area (Å²) >= 11 is 0. The molecule has 2 heterocycles. The van der Waals surface area contributed by atoms with Crippen molar-refractivity contribution in [2.45, 2.75) is 33.1 Å². The molecule has 1 aliphatic rings.